The van der Waals surface area contributed by atoms with Crippen LogP contribution in [0.1, 0.15) is 53.9 Å². The smallest absolute Gasteiger partial charge is 0.0990 e. The molecule has 1 aliphatic carbocycles. The summed E-state index contributed by atoms with van der Waals surface area (Å²) in [6, 6.07) is 0.490. The van der Waals surface area contributed by atoms with Crippen molar-refractivity contribution in [3.8, 4) is 0 Å². The van der Waals surface area contributed by atoms with Gasteiger partial charge in [-0.1, -0.05) is 27.7 Å². The van der Waals surface area contributed by atoms with Crippen molar-refractivity contribution in [2.45, 2.75) is 72.1 Å². The van der Waals surface area contributed by atoms with Crippen LogP contribution in [0, 0.1) is 5.41 Å². The average Bonchev–Trinajstić information content (AvgIpc) is 2.27. The normalized spacial score (nSPS) is 28.2. The van der Waals surface area contributed by atoms with Gasteiger partial charge in [0.15, 0.2) is 0 Å². The van der Waals surface area contributed by atoms with Crippen LogP contribution in [-0.2, 0) is 9.47 Å². The van der Waals surface area contributed by atoms with E-state index in [0.29, 0.717) is 17.6 Å². The van der Waals surface area contributed by atoms with Crippen LogP contribution in [0.4, 0.5) is 0 Å². The molecular weight excluding hydrogens is 226 g/mol. The minimum Gasteiger partial charge on any atom is -0.375 e. The second-order valence-corrected chi connectivity index (χ2v) is 6.44. The van der Waals surface area contributed by atoms with E-state index in [1.807, 2.05) is 0 Å². The lowest BCUT2D eigenvalue weighted by Crippen LogP contribution is -2.60. The highest BCUT2D eigenvalue weighted by Crippen LogP contribution is 2.28. The summed E-state index contributed by atoms with van der Waals surface area (Å²) in [5.41, 5.74) is 0.352. The fourth-order valence-corrected chi connectivity index (χ4v) is 2.21. The molecule has 1 rings (SSSR count). The van der Waals surface area contributed by atoms with Crippen molar-refractivity contribution in [3.05, 3.63) is 0 Å². The number of ether oxygens (including phenoxy) is 2. The molecular formula is C15H31NO2. The van der Waals surface area contributed by atoms with Crippen molar-refractivity contribution < 1.29 is 9.47 Å². The number of hydrogen-bond acceptors (Lipinski definition) is 3. The second kappa shape index (κ2) is 7.46. The standard InChI is InChI=1S/C15H31NO2/c1-6-9-16-12-11-13(14(12)17-7-2)18-10-8-15(3,4)5/h12-14,16H,6-11H2,1-5H3. The first-order valence-corrected chi connectivity index (χ1v) is 7.44. The molecule has 3 nitrogen and oxygen atoms in total. The minimum absolute atomic E-state index is 0.251. The monoisotopic (exact) mass is 257 g/mol. The summed E-state index contributed by atoms with van der Waals surface area (Å²) in [6.45, 7) is 13.7. The highest BCUT2D eigenvalue weighted by atomic mass is 16.5. The van der Waals surface area contributed by atoms with Gasteiger partial charge < -0.3 is 14.8 Å². The molecule has 0 aromatic carbocycles. The highest BCUT2D eigenvalue weighted by molar-refractivity contribution is 4.97. The molecule has 0 aromatic rings. The summed E-state index contributed by atoms with van der Waals surface area (Å²) in [5.74, 6) is 0. The summed E-state index contributed by atoms with van der Waals surface area (Å²) < 4.78 is 11.8. The molecule has 0 bridgehead atoms. The van der Waals surface area contributed by atoms with Crippen molar-refractivity contribution >= 4 is 0 Å². The lowest BCUT2D eigenvalue weighted by atomic mass is 9.84. The fraction of sp³-hybridized carbons (Fsp3) is 1.00. The summed E-state index contributed by atoms with van der Waals surface area (Å²) in [5, 5.41) is 3.54. The van der Waals surface area contributed by atoms with E-state index in [-0.39, 0.29) is 6.10 Å². The van der Waals surface area contributed by atoms with Crippen LogP contribution < -0.4 is 5.32 Å². The van der Waals surface area contributed by atoms with E-state index in [1.165, 1.54) is 6.42 Å². The predicted molar refractivity (Wildman–Crippen MR) is 75.9 cm³/mol. The maximum Gasteiger partial charge on any atom is 0.0990 e. The zero-order valence-corrected chi connectivity index (χ0v) is 12.8. The third kappa shape index (κ3) is 5.25. The van der Waals surface area contributed by atoms with Crippen LogP contribution in [0.15, 0.2) is 0 Å². The molecule has 1 aliphatic rings. The van der Waals surface area contributed by atoms with Crippen LogP contribution in [0.25, 0.3) is 0 Å². The van der Waals surface area contributed by atoms with Crippen LogP contribution in [-0.4, -0.2) is 38.0 Å². The van der Waals surface area contributed by atoms with Crippen molar-refractivity contribution in [1.29, 1.82) is 0 Å². The van der Waals surface area contributed by atoms with Crippen LogP contribution >= 0.6 is 0 Å². The van der Waals surface area contributed by atoms with Crippen LogP contribution in [0.3, 0.4) is 0 Å². The molecule has 0 aliphatic heterocycles. The van der Waals surface area contributed by atoms with E-state index in [1.54, 1.807) is 0 Å². The molecule has 0 saturated heterocycles. The molecule has 3 atom stereocenters. The molecule has 1 saturated carbocycles. The third-order valence-electron chi connectivity index (χ3n) is 3.45. The Balaban J connectivity index is 2.25. The SMILES string of the molecule is CCCNC1CC(OCCC(C)(C)C)C1OCC. The topological polar surface area (TPSA) is 30.5 Å². The first-order chi connectivity index (χ1) is 8.48. The summed E-state index contributed by atoms with van der Waals surface area (Å²) in [6.07, 6.45) is 3.91. The van der Waals surface area contributed by atoms with Crippen molar-refractivity contribution in [2.24, 2.45) is 5.41 Å². The van der Waals surface area contributed by atoms with Gasteiger partial charge in [0.2, 0.25) is 0 Å². The van der Waals surface area contributed by atoms with Gasteiger partial charge in [0.1, 0.15) is 0 Å². The van der Waals surface area contributed by atoms with E-state index >= 15 is 0 Å². The first kappa shape index (κ1) is 15.9. The zero-order chi connectivity index (χ0) is 13.6. The van der Waals surface area contributed by atoms with Gasteiger partial charge in [-0.05, 0) is 38.1 Å². The molecule has 0 aromatic heterocycles. The summed E-state index contributed by atoms with van der Waals surface area (Å²) >= 11 is 0. The lowest BCUT2D eigenvalue weighted by Gasteiger charge is -2.44. The Morgan fingerprint density at radius 2 is 1.89 bits per heavy atom. The quantitative estimate of drug-likeness (QED) is 0.725. The van der Waals surface area contributed by atoms with Gasteiger partial charge >= 0.3 is 0 Å². The molecule has 1 N–H and O–H groups in total. The molecule has 1 fully saturated rings. The van der Waals surface area contributed by atoms with Gasteiger partial charge in [-0.15, -0.1) is 0 Å². The molecule has 0 amide bonds. The third-order valence-corrected chi connectivity index (χ3v) is 3.45. The Bertz CT molecular complexity index is 225. The van der Waals surface area contributed by atoms with E-state index in [4.69, 9.17) is 9.47 Å². The second-order valence-electron chi connectivity index (χ2n) is 6.44. The largest absolute Gasteiger partial charge is 0.375 e. The van der Waals surface area contributed by atoms with Crippen molar-refractivity contribution in [3.63, 3.8) is 0 Å². The molecule has 3 heteroatoms. The van der Waals surface area contributed by atoms with Gasteiger partial charge in [-0.3, -0.25) is 0 Å². The molecule has 0 radical (unpaired) electrons. The molecule has 18 heavy (non-hydrogen) atoms. The predicted octanol–water partition coefficient (Wildman–Crippen LogP) is 2.98. The average molecular weight is 257 g/mol. The van der Waals surface area contributed by atoms with E-state index < -0.39 is 0 Å². The zero-order valence-electron chi connectivity index (χ0n) is 12.8. The van der Waals surface area contributed by atoms with Gasteiger partial charge in [0.25, 0.3) is 0 Å². The van der Waals surface area contributed by atoms with Crippen molar-refractivity contribution in [2.75, 3.05) is 19.8 Å². The fourth-order valence-electron chi connectivity index (χ4n) is 2.21. The Kier molecular flexibility index (Phi) is 6.61. The van der Waals surface area contributed by atoms with Crippen LogP contribution in [0.5, 0.6) is 0 Å². The maximum atomic E-state index is 5.96. The Labute approximate surface area is 113 Å². The van der Waals surface area contributed by atoms with E-state index in [9.17, 15) is 0 Å². The van der Waals surface area contributed by atoms with Crippen molar-refractivity contribution in [1.82, 2.24) is 5.32 Å². The van der Waals surface area contributed by atoms with Gasteiger partial charge in [0.05, 0.1) is 12.2 Å². The van der Waals surface area contributed by atoms with E-state index in [2.05, 4.69) is 39.9 Å². The summed E-state index contributed by atoms with van der Waals surface area (Å²) in [4.78, 5) is 0. The number of hydrogen-bond donors (Lipinski definition) is 1. The number of nitrogens with one attached hydrogen (secondary N) is 1. The molecule has 3 unspecified atom stereocenters. The molecule has 0 heterocycles. The Morgan fingerprint density at radius 3 is 2.44 bits per heavy atom. The Hall–Kier alpha value is -0.120. The van der Waals surface area contributed by atoms with E-state index in [0.717, 1.165) is 32.6 Å². The lowest BCUT2D eigenvalue weighted by molar-refractivity contribution is -0.147. The molecule has 0 spiro atoms. The Morgan fingerprint density at radius 1 is 1.17 bits per heavy atom. The summed E-state index contributed by atoms with van der Waals surface area (Å²) in [7, 11) is 0. The molecule has 108 valence electrons. The van der Waals surface area contributed by atoms with Crippen LogP contribution in [0.2, 0.25) is 0 Å². The highest BCUT2D eigenvalue weighted by Gasteiger charge is 2.42. The van der Waals surface area contributed by atoms with Gasteiger partial charge in [0, 0.05) is 19.3 Å². The van der Waals surface area contributed by atoms with Gasteiger partial charge in [-0.2, -0.15) is 0 Å². The number of rotatable bonds is 8. The first-order valence-electron chi connectivity index (χ1n) is 7.44. The minimum atomic E-state index is 0.251. The maximum absolute atomic E-state index is 5.96. The van der Waals surface area contributed by atoms with Gasteiger partial charge in [-0.25, -0.2) is 0 Å².